The van der Waals surface area contributed by atoms with Crippen LogP contribution in [0.2, 0.25) is 0 Å². The summed E-state index contributed by atoms with van der Waals surface area (Å²) in [7, 11) is -2.39. The minimum atomic E-state index is -3.80. The van der Waals surface area contributed by atoms with Crippen LogP contribution in [0.3, 0.4) is 0 Å². The lowest BCUT2D eigenvalue weighted by Gasteiger charge is -2.27. The van der Waals surface area contributed by atoms with Gasteiger partial charge < -0.3 is 14.8 Å². The number of rotatable bonds is 8. The fourth-order valence-corrected chi connectivity index (χ4v) is 5.07. The Hall–Kier alpha value is -2.42. The fourth-order valence-electron chi connectivity index (χ4n) is 3.48. The normalized spacial score (nSPS) is 16.1. The molecule has 8 heteroatoms. The molecule has 1 saturated heterocycles. The molecule has 1 heterocycles. The molecular weight excluding hydrogens is 404 g/mol. The van der Waals surface area contributed by atoms with Crippen LogP contribution >= 0.6 is 0 Å². The number of amides is 1. The van der Waals surface area contributed by atoms with E-state index in [1.165, 1.54) is 23.5 Å². The van der Waals surface area contributed by atoms with Gasteiger partial charge in [0.05, 0.1) is 26.4 Å². The van der Waals surface area contributed by atoms with Gasteiger partial charge in [-0.05, 0) is 30.2 Å². The van der Waals surface area contributed by atoms with Gasteiger partial charge in [-0.25, -0.2) is 8.42 Å². The highest BCUT2D eigenvalue weighted by molar-refractivity contribution is 7.89. The van der Waals surface area contributed by atoms with Gasteiger partial charge in [0.1, 0.15) is 10.6 Å². The number of benzene rings is 2. The van der Waals surface area contributed by atoms with Crippen molar-refractivity contribution < 1.29 is 22.7 Å². The summed E-state index contributed by atoms with van der Waals surface area (Å²) in [5, 5.41) is 3.04. The Morgan fingerprint density at radius 3 is 2.50 bits per heavy atom. The zero-order chi connectivity index (χ0) is 21.6. The Kier molecular flexibility index (Phi) is 7.47. The van der Waals surface area contributed by atoms with Gasteiger partial charge in [0.15, 0.2) is 0 Å². The first-order valence-corrected chi connectivity index (χ1v) is 11.5. The maximum atomic E-state index is 13.1. The minimum absolute atomic E-state index is 0.00805. The first-order chi connectivity index (χ1) is 14.5. The number of sulfonamides is 1. The quantitative estimate of drug-likeness (QED) is 0.693. The summed E-state index contributed by atoms with van der Waals surface area (Å²) in [5.74, 6) is -0.107. The molecule has 1 fully saturated rings. The number of ether oxygens (including phenoxy) is 2. The van der Waals surface area contributed by atoms with Crippen molar-refractivity contribution in [3.63, 3.8) is 0 Å². The lowest BCUT2D eigenvalue weighted by atomic mass is 10.0. The predicted octanol–water partition coefficient (Wildman–Crippen LogP) is 2.99. The summed E-state index contributed by atoms with van der Waals surface area (Å²) < 4.78 is 38.2. The number of nitrogens with zero attached hydrogens (tertiary/aromatic N) is 1. The number of hydrogen-bond acceptors (Lipinski definition) is 5. The van der Waals surface area contributed by atoms with Crippen LogP contribution in [0.25, 0.3) is 0 Å². The van der Waals surface area contributed by atoms with Crippen LogP contribution in [0.4, 0.5) is 0 Å². The Morgan fingerprint density at radius 1 is 1.17 bits per heavy atom. The second-order valence-corrected chi connectivity index (χ2v) is 9.01. The van der Waals surface area contributed by atoms with Crippen molar-refractivity contribution in [1.82, 2.24) is 9.62 Å². The molecule has 1 aliphatic heterocycles. The van der Waals surface area contributed by atoms with Crippen molar-refractivity contribution in [2.75, 3.05) is 33.4 Å². The maximum Gasteiger partial charge on any atom is 0.251 e. The summed E-state index contributed by atoms with van der Waals surface area (Å²) in [6.45, 7) is 3.29. The van der Waals surface area contributed by atoms with Crippen molar-refractivity contribution in [2.45, 2.75) is 30.7 Å². The first-order valence-electron chi connectivity index (χ1n) is 10.1. The summed E-state index contributed by atoms with van der Waals surface area (Å²) in [4.78, 5) is 13.0. The van der Waals surface area contributed by atoms with E-state index in [0.717, 1.165) is 18.4 Å². The second kappa shape index (κ2) is 10.1. The lowest BCUT2D eigenvalue weighted by molar-refractivity contribution is 0.0729. The van der Waals surface area contributed by atoms with Gasteiger partial charge in [0, 0.05) is 18.7 Å². The van der Waals surface area contributed by atoms with Crippen LogP contribution in [0.15, 0.2) is 53.4 Å². The van der Waals surface area contributed by atoms with Crippen molar-refractivity contribution in [2.24, 2.45) is 0 Å². The molecule has 1 atom stereocenters. The van der Waals surface area contributed by atoms with Gasteiger partial charge in [-0.3, -0.25) is 4.79 Å². The van der Waals surface area contributed by atoms with Crippen LogP contribution in [-0.4, -0.2) is 52.0 Å². The molecule has 1 unspecified atom stereocenters. The number of morpholine rings is 1. The molecular formula is C22H28N2O5S. The highest BCUT2D eigenvalue weighted by Crippen LogP contribution is 2.29. The topological polar surface area (TPSA) is 84.9 Å². The van der Waals surface area contributed by atoms with E-state index in [4.69, 9.17) is 9.47 Å². The van der Waals surface area contributed by atoms with E-state index >= 15 is 0 Å². The standard InChI is InChI=1S/C22H28N2O5S/c1-3-7-19(17-8-5-4-6-9-17)23-22(25)18-10-11-20(28-2)21(16-18)30(26,27)24-12-14-29-15-13-24/h4-6,8-11,16,19H,3,7,12-15H2,1-2H3,(H,23,25). The molecule has 162 valence electrons. The van der Waals surface area contributed by atoms with Crippen LogP contribution in [-0.2, 0) is 14.8 Å². The molecule has 0 aliphatic carbocycles. The summed E-state index contributed by atoms with van der Waals surface area (Å²) in [6.07, 6.45) is 1.68. The zero-order valence-electron chi connectivity index (χ0n) is 17.3. The molecule has 1 N–H and O–H groups in total. The van der Waals surface area contributed by atoms with Crippen molar-refractivity contribution in [1.29, 1.82) is 0 Å². The van der Waals surface area contributed by atoms with Gasteiger partial charge in [-0.1, -0.05) is 43.7 Å². The van der Waals surface area contributed by atoms with Crippen LogP contribution in [0.5, 0.6) is 5.75 Å². The van der Waals surface area contributed by atoms with Gasteiger partial charge in [0.25, 0.3) is 5.91 Å². The molecule has 1 amide bonds. The van der Waals surface area contributed by atoms with E-state index in [9.17, 15) is 13.2 Å². The van der Waals surface area contributed by atoms with Crippen LogP contribution in [0.1, 0.15) is 41.7 Å². The van der Waals surface area contributed by atoms with Crippen molar-refractivity contribution in [3.05, 3.63) is 59.7 Å². The highest BCUT2D eigenvalue weighted by atomic mass is 32.2. The first kappa shape index (κ1) is 22.3. The lowest BCUT2D eigenvalue weighted by Crippen LogP contribution is -2.40. The molecule has 0 bridgehead atoms. The average Bonchev–Trinajstić information content (AvgIpc) is 2.79. The Morgan fingerprint density at radius 2 is 1.87 bits per heavy atom. The summed E-state index contributed by atoms with van der Waals surface area (Å²) >= 11 is 0. The molecule has 1 aliphatic rings. The fraction of sp³-hybridized carbons (Fsp3) is 0.409. The number of nitrogens with one attached hydrogen (secondary N) is 1. The van der Waals surface area contributed by atoms with Crippen LogP contribution < -0.4 is 10.1 Å². The summed E-state index contributed by atoms with van der Waals surface area (Å²) in [6, 6.07) is 14.1. The second-order valence-electron chi connectivity index (χ2n) is 7.11. The monoisotopic (exact) mass is 432 g/mol. The molecule has 0 aromatic heterocycles. The Labute approximate surface area is 178 Å². The SMILES string of the molecule is CCCC(NC(=O)c1ccc(OC)c(S(=O)(=O)N2CCOCC2)c1)c1ccccc1. The van der Waals surface area contributed by atoms with E-state index in [-0.39, 0.29) is 41.2 Å². The molecule has 7 nitrogen and oxygen atoms in total. The Bertz CT molecular complexity index is 957. The molecule has 0 saturated carbocycles. The van der Waals surface area contributed by atoms with Gasteiger partial charge >= 0.3 is 0 Å². The van der Waals surface area contributed by atoms with Crippen LogP contribution in [0, 0.1) is 0 Å². The number of methoxy groups -OCH3 is 1. The maximum absolute atomic E-state index is 13.1. The molecule has 2 aromatic carbocycles. The molecule has 0 radical (unpaired) electrons. The van der Waals surface area contributed by atoms with E-state index in [1.807, 2.05) is 30.3 Å². The highest BCUT2D eigenvalue weighted by Gasteiger charge is 2.30. The predicted molar refractivity (Wildman–Crippen MR) is 114 cm³/mol. The smallest absolute Gasteiger partial charge is 0.251 e. The van der Waals surface area contributed by atoms with Crippen molar-refractivity contribution in [3.8, 4) is 5.75 Å². The molecule has 2 aromatic rings. The van der Waals surface area contributed by atoms with E-state index in [2.05, 4.69) is 12.2 Å². The average molecular weight is 433 g/mol. The minimum Gasteiger partial charge on any atom is -0.495 e. The zero-order valence-corrected chi connectivity index (χ0v) is 18.2. The Balaban J connectivity index is 1.89. The number of carbonyl (C=O) groups excluding carboxylic acids is 1. The number of carbonyl (C=O) groups is 1. The third-order valence-electron chi connectivity index (χ3n) is 5.10. The third-order valence-corrected chi connectivity index (χ3v) is 7.02. The van der Waals surface area contributed by atoms with E-state index in [1.54, 1.807) is 6.07 Å². The third kappa shape index (κ3) is 5.00. The van der Waals surface area contributed by atoms with Crippen molar-refractivity contribution >= 4 is 15.9 Å². The van der Waals surface area contributed by atoms with E-state index < -0.39 is 10.0 Å². The largest absolute Gasteiger partial charge is 0.495 e. The molecule has 30 heavy (non-hydrogen) atoms. The van der Waals surface area contributed by atoms with Gasteiger partial charge in [-0.15, -0.1) is 0 Å². The molecule has 0 spiro atoms. The van der Waals surface area contributed by atoms with Gasteiger partial charge in [-0.2, -0.15) is 4.31 Å². The molecule has 3 rings (SSSR count). The number of hydrogen-bond donors (Lipinski definition) is 1. The summed E-state index contributed by atoms with van der Waals surface area (Å²) in [5.41, 5.74) is 1.29. The van der Waals surface area contributed by atoms with E-state index in [0.29, 0.717) is 13.2 Å². The van der Waals surface area contributed by atoms with Gasteiger partial charge in [0.2, 0.25) is 10.0 Å².